The predicted molar refractivity (Wildman–Crippen MR) is 74.1 cm³/mol. The highest BCUT2D eigenvalue weighted by molar-refractivity contribution is 5.85. The molecule has 0 aromatic heterocycles. The highest BCUT2D eigenvalue weighted by Gasteiger charge is 2.50. The number of amides is 1. The van der Waals surface area contributed by atoms with Gasteiger partial charge in [0.2, 0.25) is 5.91 Å². The molecule has 0 bridgehead atoms. The molecule has 1 aromatic rings. The van der Waals surface area contributed by atoms with Gasteiger partial charge in [0.25, 0.3) is 0 Å². The number of benzene rings is 1. The van der Waals surface area contributed by atoms with Gasteiger partial charge in [0, 0.05) is 19.0 Å². The molecule has 6 heteroatoms. The summed E-state index contributed by atoms with van der Waals surface area (Å²) >= 11 is 0. The lowest BCUT2D eigenvalue weighted by molar-refractivity contribution is -0.147. The maximum atomic E-state index is 13.3. The molecule has 0 radical (unpaired) electrons. The summed E-state index contributed by atoms with van der Waals surface area (Å²) in [6, 6.07) is 3.71. The van der Waals surface area contributed by atoms with Gasteiger partial charge in [0.1, 0.15) is 0 Å². The predicted octanol–water partition coefficient (Wildman–Crippen LogP) is 2.39. The number of nitrogens with zero attached hydrogens (tertiary/aromatic N) is 1. The highest BCUT2D eigenvalue weighted by atomic mass is 19.2. The van der Waals surface area contributed by atoms with Crippen molar-refractivity contribution in [1.82, 2.24) is 4.90 Å². The number of carboxylic acid groups (broad SMARTS) is 1. The van der Waals surface area contributed by atoms with Gasteiger partial charge in [-0.25, -0.2) is 8.78 Å². The Morgan fingerprint density at radius 2 is 2.05 bits per heavy atom. The summed E-state index contributed by atoms with van der Waals surface area (Å²) in [5.41, 5.74) is -0.264. The maximum Gasteiger partial charge on any atom is 0.311 e. The zero-order valence-electron chi connectivity index (χ0n) is 12.2. The first-order valence-electron chi connectivity index (χ1n) is 7.29. The minimum absolute atomic E-state index is 0.0836. The molecule has 1 saturated carbocycles. The van der Waals surface area contributed by atoms with Crippen LogP contribution >= 0.6 is 0 Å². The van der Waals surface area contributed by atoms with E-state index in [9.17, 15) is 23.5 Å². The topological polar surface area (TPSA) is 57.6 Å². The van der Waals surface area contributed by atoms with Gasteiger partial charge in [-0.3, -0.25) is 9.59 Å². The fourth-order valence-electron chi connectivity index (χ4n) is 3.14. The van der Waals surface area contributed by atoms with Crippen molar-refractivity contribution in [3.63, 3.8) is 0 Å². The summed E-state index contributed by atoms with van der Waals surface area (Å²) in [6.45, 7) is 2.28. The second-order valence-corrected chi connectivity index (χ2v) is 6.50. The second-order valence-electron chi connectivity index (χ2n) is 6.50. The Bertz CT molecular complexity index is 648. The molecule has 118 valence electrons. The van der Waals surface area contributed by atoms with E-state index in [1.165, 1.54) is 6.07 Å². The first kappa shape index (κ1) is 14.9. The van der Waals surface area contributed by atoms with Crippen molar-refractivity contribution >= 4 is 11.9 Å². The van der Waals surface area contributed by atoms with Crippen LogP contribution in [0, 0.1) is 23.0 Å². The van der Waals surface area contributed by atoms with Crippen LogP contribution in [0.1, 0.15) is 31.2 Å². The molecule has 1 aromatic carbocycles. The maximum absolute atomic E-state index is 13.3. The Morgan fingerprint density at radius 1 is 1.32 bits per heavy atom. The van der Waals surface area contributed by atoms with E-state index in [4.69, 9.17) is 0 Å². The summed E-state index contributed by atoms with van der Waals surface area (Å²) in [7, 11) is 0. The average Bonchev–Trinajstić information content (AvgIpc) is 3.16. The van der Waals surface area contributed by atoms with Crippen LogP contribution < -0.4 is 0 Å². The first-order valence-corrected chi connectivity index (χ1v) is 7.29. The molecule has 3 atom stereocenters. The molecule has 1 heterocycles. The summed E-state index contributed by atoms with van der Waals surface area (Å²) in [5, 5.41) is 9.20. The van der Waals surface area contributed by atoms with Gasteiger partial charge in [-0.05, 0) is 43.4 Å². The lowest BCUT2D eigenvalue weighted by atomic mass is 9.90. The van der Waals surface area contributed by atoms with Gasteiger partial charge in [0.05, 0.1) is 5.41 Å². The molecule has 0 spiro atoms. The second kappa shape index (κ2) is 5.04. The zero-order chi connectivity index (χ0) is 16.1. The highest BCUT2D eigenvalue weighted by Crippen LogP contribution is 2.49. The minimum Gasteiger partial charge on any atom is -0.481 e. The number of aliphatic carboxylic acids is 1. The summed E-state index contributed by atoms with van der Waals surface area (Å²) < 4.78 is 26.2. The normalized spacial score (nSPS) is 30.4. The Labute approximate surface area is 126 Å². The summed E-state index contributed by atoms with van der Waals surface area (Å²) in [5.74, 6) is -3.13. The number of hydrogen-bond acceptors (Lipinski definition) is 2. The average molecular weight is 309 g/mol. The Morgan fingerprint density at radius 3 is 2.64 bits per heavy atom. The van der Waals surface area contributed by atoms with E-state index in [0.717, 1.165) is 12.1 Å². The van der Waals surface area contributed by atoms with E-state index < -0.39 is 23.0 Å². The molecule has 3 rings (SSSR count). The SMILES string of the molecule is C[C@]1(C(=O)O)CCN(C(=O)[C@@H]2C[C@@H]2c2ccc(F)c(F)c2)C1. The monoisotopic (exact) mass is 309 g/mol. The van der Waals surface area contributed by atoms with Gasteiger partial charge < -0.3 is 10.0 Å². The summed E-state index contributed by atoms with van der Waals surface area (Å²) in [6.07, 6.45) is 1.04. The summed E-state index contributed by atoms with van der Waals surface area (Å²) in [4.78, 5) is 25.2. The molecule has 0 unspecified atom stereocenters. The Hall–Kier alpha value is -1.98. The van der Waals surface area contributed by atoms with Crippen LogP contribution in [-0.4, -0.2) is 35.0 Å². The molecule has 1 N–H and O–H groups in total. The molecule has 2 fully saturated rings. The Balaban J connectivity index is 1.66. The Kier molecular flexibility index (Phi) is 3.42. The molecule has 4 nitrogen and oxygen atoms in total. The van der Waals surface area contributed by atoms with E-state index >= 15 is 0 Å². The van der Waals surface area contributed by atoms with Crippen LogP contribution in [0.5, 0.6) is 0 Å². The lowest BCUT2D eigenvalue weighted by Crippen LogP contribution is -2.35. The van der Waals surface area contributed by atoms with Crippen molar-refractivity contribution < 1.29 is 23.5 Å². The van der Waals surface area contributed by atoms with Crippen molar-refractivity contribution in [2.45, 2.75) is 25.7 Å². The fraction of sp³-hybridized carbons (Fsp3) is 0.500. The van der Waals surface area contributed by atoms with E-state index in [1.54, 1.807) is 11.8 Å². The third-order valence-electron chi connectivity index (χ3n) is 4.78. The van der Waals surface area contributed by atoms with Crippen LogP contribution in [0.3, 0.4) is 0 Å². The first-order chi connectivity index (χ1) is 10.3. The fourth-order valence-corrected chi connectivity index (χ4v) is 3.14. The van der Waals surface area contributed by atoms with Crippen LogP contribution in [0.15, 0.2) is 18.2 Å². The van der Waals surface area contributed by atoms with Gasteiger partial charge in [-0.2, -0.15) is 0 Å². The van der Waals surface area contributed by atoms with Gasteiger partial charge in [0.15, 0.2) is 11.6 Å². The van der Waals surface area contributed by atoms with E-state index in [1.807, 2.05) is 0 Å². The van der Waals surface area contributed by atoms with Crippen molar-refractivity contribution in [2.75, 3.05) is 13.1 Å². The number of rotatable bonds is 3. The van der Waals surface area contributed by atoms with Crippen LogP contribution in [-0.2, 0) is 9.59 Å². The van der Waals surface area contributed by atoms with Crippen LogP contribution in [0.4, 0.5) is 8.78 Å². The van der Waals surface area contributed by atoms with E-state index in [0.29, 0.717) is 24.9 Å². The number of halogens is 2. The third-order valence-corrected chi connectivity index (χ3v) is 4.78. The van der Waals surface area contributed by atoms with E-state index in [2.05, 4.69) is 0 Å². The quantitative estimate of drug-likeness (QED) is 0.932. The molecule has 1 amide bonds. The van der Waals surface area contributed by atoms with Crippen molar-refractivity contribution in [3.05, 3.63) is 35.4 Å². The molecule has 1 aliphatic heterocycles. The number of carboxylic acids is 1. The molecule has 22 heavy (non-hydrogen) atoms. The lowest BCUT2D eigenvalue weighted by Gasteiger charge is -2.20. The third kappa shape index (κ3) is 2.46. The number of likely N-dealkylation sites (tertiary alicyclic amines) is 1. The van der Waals surface area contributed by atoms with Crippen molar-refractivity contribution in [1.29, 1.82) is 0 Å². The van der Waals surface area contributed by atoms with Gasteiger partial charge in [-0.1, -0.05) is 6.07 Å². The zero-order valence-corrected chi connectivity index (χ0v) is 12.2. The number of hydrogen-bond donors (Lipinski definition) is 1. The standard InChI is InChI=1S/C16H17F2NO3/c1-16(15(21)22)4-5-19(8-16)14(20)11-7-10(11)9-2-3-12(17)13(18)6-9/h2-3,6,10-11H,4-5,7-8H2,1H3,(H,21,22)/t10-,11-,16+/m1/s1. The van der Waals surface area contributed by atoms with Crippen LogP contribution in [0.25, 0.3) is 0 Å². The van der Waals surface area contributed by atoms with Crippen LogP contribution in [0.2, 0.25) is 0 Å². The van der Waals surface area contributed by atoms with Crippen molar-refractivity contribution in [3.8, 4) is 0 Å². The molecule has 2 aliphatic rings. The number of carbonyl (C=O) groups excluding carboxylic acids is 1. The molecular formula is C16H17F2NO3. The molecule has 1 saturated heterocycles. The van der Waals surface area contributed by atoms with Gasteiger partial charge >= 0.3 is 5.97 Å². The molecular weight excluding hydrogens is 292 g/mol. The smallest absolute Gasteiger partial charge is 0.311 e. The van der Waals surface area contributed by atoms with Gasteiger partial charge in [-0.15, -0.1) is 0 Å². The number of carbonyl (C=O) groups is 2. The molecule has 1 aliphatic carbocycles. The van der Waals surface area contributed by atoms with E-state index in [-0.39, 0.29) is 24.3 Å². The minimum atomic E-state index is -0.907. The largest absolute Gasteiger partial charge is 0.481 e. The van der Waals surface area contributed by atoms with Crippen molar-refractivity contribution in [2.24, 2.45) is 11.3 Å².